The fourth-order valence-corrected chi connectivity index (χ4v) is 4.07. The van der Waals surface area contributed by atoms with E-state index in [2.05, 4.69) is 15.5 Å². The van der Waals surface area contributed by atoms with Gasteiger partial charge in [-0.25, -0.2) is 8.42 Å². The number of nitrogens with one attached hydrogen (secondary N) is 1. The van der Waals surface area contributed by atoms with E-state index >= 15 is 0 Å². The minimum absolute atomic E-state index is 0.0285. The molecule has 1 saturated carbocycles. The van der Waals surface area contributed by atoms with Crippen molar-refractivity contribution in [1.82, 2.24) is 10.2 Å². The van der Waals surface area contributed by atoms with Gasteiger partial charge in [-0.1, -0.05) is 30.1 Å². The van der Waals surface area contributed by atoms with Gasteiger partial charge >= 0.3 is 6.01 Å². The van der Waals surface area contributed by atoms with Crippen molar-refractivity contribution < 1.29 is 17.6 Å². The summed E-state index contributed by atoms with van der Waals surface area (Å²) in [4.78, 5) is 12.4. The first kappa shape index (κ1) is 18.6. The largest absolute Gasteiger partial charge is 0.407 e. The molecule has 26 heavy (non-hydrogen) atoms. The van der Waals surface area contributed by atoms with Crippen LogP contribution in [0, 0.1) is 5.92 Å². The lowest BCUT2D eigenvalue weighted by atomic mass is 10.1. The fourth-order valence-electron chi connectivity index (χ4n) is 3.01. The smallest absolute Gasteiger partial charge is 0.322 e. The molecule has 1 heterocycles. The molecule has 1 aromatic carbocycles. The minimum Gasteiger partial charge on any atom is -0.407 e. The molecule has 3 rings (SSSR count). The summed E-state index contributed by atoms with van der Waals surface area (Å²) >= 11 is 0. The van der Waals surface area contributed by atoms with E-state index in [1.165, 1.54) is 0 Å². The van der Waals surface area contributed by atoms with E-state index < -0.39 is 15.1 Å². The normalized spacial score (nSPS) is 15.5. The van der Waals surface area contributed by atoms with Crippen LogP contribution in [0.2, 0.25) is 0 Å². The summed E-state index contributed by atoms with van der Waals surface area (Å²) in [6.45, 7) is 3.31. The Hall–Kier alpha value is -2.22. The van der Waals surface area contributed by atoms with E-state index in [0.29, 0.717) is 17.2 Å². The molecule has 2 aromatic rings. The zero-order chi connectivity index (χ0) is 18.7. The molecule has 8 heteroatoms. The number of benzene rings is 1. The maximum absolute atomic E-state index is 12.1. The highest BCUT2D eigenvalue weighted by molar-refractivity contribution is 7.92. The first-order valence-electron chi connectivity index (χ1n) is 8.82. The molecule has 1 aliphatic rings. The van der Waals surface area contributed by atoms with Crippen molar-refractivity contribution in [2.75, 3.05) is 5.32 Å². The molecule has 0 radical (unpaired) electrons. The lowest BCUT2D eigenvalue weighted by Gasteiger charge is -2.08. The second-order valence-electron chi connectivity index (χ2n) is 6.89. The minimum atomic E-state index is -3.28. The maximum Gasteiger partial charge on any atom is 0.322 e. The monoisotopic (exact) mass is 377 g/mol. The number of carbonyl (C=O) groups is 1. The molecule has 1 N–H and O–H groups in total. The maximum atomic E-state index is 12.1. The number of aromatic nitrogens is 2. The first-order valence-corrected chi connectivity index (χ1v) is 10.4. The lowest BCUT2D eigenvalue weighted by molar-refractivity contribution is -0.119. The van der Waals surface area contributed by atoms with E-state index in [-0.39, 0.29) is 17.8 Å². The molecular weight excluding hydrogens is 354 g/mol. The molecule has 1 aromatic heterocycles. The fraction of sp³-hybridized carbons (Fsp3) is 0.500. The van der Waals surface area contributed by atoms with Gasteiger partial charge in [0.1, 0.15) is 0 Å². The Morgan fingerprint density at radius 3 is 2.46 bits per heavy atom. The number of hydrogen-bond donors (Lipinski definition) is 1. The van der Waals surface area contributed by atoms with Gasteiger partial charge in [0.25, 0.3) is 0 Å². The van der Waals surface area contributed by atoms with E-state index in [0.717, 1.165) is 31.2 Å². The summed E-state index contributed by atoms with van der Waals surface area (Å²) in [5.74, 6) is 0.327. The summed E-state index contributed by atoms with van der Waals surface area (Å²) in [5.41, 5.74) is 0.852. The van der Waals surface area contributed by atoms with E-state index in [9.17, 15) is 13.2 Å². The molecular formula is C18H23N3O4S. The highest BCUT2D eigenvalue weighted by atomic mass is 32.2. The molecule has 0 aliphatic heterocycles. The number of hydrogen-bond acceptors (Lipinski definition) is 6. The Labute approximate surface area is 153 Å². The van der Waals surface area contributed by atoms with Gasteiger partial charge in [0, 0.05) is 5.92 Å². The van der Waals surface area contributed by atoms with Crippen LogP contribution in [0.1, 0.15) is 51.0 Å². The third-order valence-corrected chi connectivity index (χ3v) is 6.82. The first-order chi connectivity index (χ1) is 12.4. The molecule has 1 aliphatic carbocycles. The van der Waals surface area contributed by atoms with Gasteiger partial charge in [0.15, 0.2) is 9.84 Å². The zero-order valence-corrected chi connectivity index (χ0v) is 15.8. The standard InChI is InChI=1S/C18H23N3O4S/c1-12(2)26(23,24)15-9-7-13(8-10-15)11-16-20-21-18(25-16)19-17(22)14-5-3-4-6-14/h7-10,12,14H,3-6,11H2,1-2H3,(H,19,21,22). The lowest BCUT2D eigenvalue weighted by Crippen LogP contribution is -2.20. The molecule has 1 amide bonds. The predicted octanol–water partition coefficient (Wildman–Crippen LogP) is 2.97. The van der Waals surface area contributed by atoms with Crippen LogP contribution >= 0.6 is 0 Å². The van der Waals surface area contributed by atoms with Crippen LogP contribution in [0.3, 0.4) is 0 Å². The molecule has 0 unspecified atom stereocenters. The zero-order valence-electron chi connectivity index (χ0n) is 14.9. The number of amides is 1. The summed E-state index contributed by atoms with van der Waals surface area (Å²) < 4.78 is 29.8. The van der Waals surface area contributed by atoms with Crippen LogP contribution in [0.25, 0.3) is 0 Å². The summed E-state index contributed by atoms with van der Waals surface area (Å²) in [5, 5.41) is 10.0. The highest BCUT2D eigenvalue weighted by Gasteiger charge is 2.24. The van der Waals surface area contributed by atoms with Crippen LogP contribution in [0.4, 0.5) is 6.01 Å². The number of carbonyl (C=O) groups excluding carboxylic acids is 1. The topological polar surface area (TPSA) is 102 Å². The van der Waals surface area contributed by atoms with Gasteiger partial charge in [-0.15, -0.1) is 5.10 Å². The predicted molar refractivity (Wildman–Crippen MR) is 96.5 cm³/mol. The summed E-state index contributed by atoms with van der Waals surface area (Å²) in [7, 11) is -3.28. The number of nitrogens with zero attached hydrogens (tertiary/aromatic N) is 2. The Morgan fingerprint density at radius 2 is 1.85 bits per heavy atom. The average molecular weight is 377 g/mol. The van der Waals surface area contributed by atoms with Gasteiger partial charge in [0.2, 0.25) is 11.8 Å². The van der Waals surface area contributed by atoms with Crippen LogP contribution < -0.4 is 5.32 Å². The van der Waals surface area contributed by atoms with Crippen molar-refractivity contribution in [2.24, 2.45) is 5.92 Å². The number of rotatable bonds is 6. The average Bonchev–Trinajstić information content (AvgIpc) is 3.27. The number of sulfone groups is 1. The molecule has 140 valence electrons. The highest BCUT2D eigenvalue weighted by Crippen LogP contribution is 2.26. The Bertz CT molecular complexity index is 866. The van der Waals surface area contributed by atoms with Crippen molar-refractivity contribution in [3.8, 4) is 0 Å². The van der Waals surface area contributed by atoms with Crippen molar-refractivity contribution in [3.05, 3.63) is 35.7 Å². The van der Waals surface area contributed by atoms with E-state index in [1.807, 2.05) is 0 Å². The van der Waals surface area contributed by atoms with Crippen molar-refractivity contribution >= 4 is 21.8 Å². The quantitative estimate of drug-likeness (QED) is 0.830. The van der Waals surface area contributed by atoms with Gasteiger partial charge in [0.05, 0.1) is 16.6 Å². The molecule has 1 fully saturated rings. The molecule has 0 bridgehead atoms. The second-order valence-corrected chi connectivity index (χ2v) is 9.39. The van der Waals surface area contributed by atoms with E-state index in [4.69, 9.17) is 4.42 Å². The second kappa shape index (κ2) is 7.57. The summed E-state index contributed by atoms with van der Waals surface area (Å²) in [6.07, 6.45) is 4.33. The van der Waals surface area contributed by atoms with Crippen LogP contribution in [-0.4, -0.2) is 29.8 Å². The third kappa shape index (κ3) is 4.12. The Morgan fingerprint density at radius 1 is 1.19 bits per heavy atom. The van der Waals surface area contributed by atoms with E-state index in [1.54, 1.807) is 38.1 Å². The van der Waals surface area contributed by atoms with Gasteiger partial charge in [-0.05, 0) is 44.4 Å². The van der Waals surface area contributed by atoms with Gasteiger partial charge < -0.3 is 4.42 Å². The van der Waals surface area contributed by atoms with Gasteiger partial charge in [-0.2, -0.15) is 0 Å². The van der Waals surface area contributed by atoms with Crippen molar-refractivity contribution in [3.63, 3.8) is 0 Å². The van der Waals surface area contributed by atoms with Crippen molar-refractivity contribution in [1.29, 1.82) is 0 Å². The Balaban J connectivity index is 1.63. The SMILES string of the molecule is CC(C)S(=O)(=O)c1ccc(Cc2nnc(NC(=O)C3CCCC3)o2)cc1. The molecule has 0 saturated heterocycles. The van der Waals surface area contributed by atoms with Crippen LogP contribution in [0.15, 0.2) is 33.6 Å². The summed E-state index contributed by atoms with van der Waals surface area (Å²) in [6, 6.07) is 6.75. The Kier molecular flexibility index (Phi) is 5.41. The molecule has 0 spiro atoms. The van der Waals surface area contributed by atoms with Crippen LogP contribution in [-0.2, 0) is 21.1 Å². The van der Waals surface area contributed by atoms with Gasteiger partial charge in [-0.3, -0.25) is 10.1 Å². The number of anilines is 1. The molecule has 7 nitrogen and oxygen atoms in total. The third-order valence-electron chi connectivity index (χ3n) is 4.65. The molecule has 0 atom stereocenters. The van der Waals surface area contributed by atoms with Crippen LogP contribution in [0.5, 0.6) is 0 Å². The van der Waals surface area contributed by atoms with Crippen molar-refractivity contribution in [2.45, 2.75) is 56.1 Å².